The molecule has 0 bridgehead atoms. The maximum Gasteiger partial charge on any atom is 0.218 e. The van der Waals surface area contributed by atoms with E-state index in [0.29, 0.717) is 11.9 Å². The molecule has 88 valence electrons. The van der Waals surface area contributed by atoms with Crippen molar-refractivity contribution < 1.29 is 4.74 Å². The second kappa shape index (κ2) is 5.14. The first-order valence-corrected chi connectivity index (χ1v) is 6.00. The van der Waals surface area contributed by atoms with E-state index in [4.69, 9.17) is 4.74 Å². The van der Waals surface area contributed by atoms with E-state index in [1.54, 1.807) is 7.11 Å². The van der Waals surface area contributed by atoms with Gasteiger partial charge in [-0.3, -0.25) is 0 Å². The van der Waals surface area contributed by atoms with Crippen molar-refractivity contribution in [1.29, 1.82) is 0 Å². The number of rotatable bonds is 4. The summed E-state index contributed by atoms with van der Waals surface area (Å²) in [6, 6.07) is 2.45. The van der Waals surface area contributed by atoms with Crippen LogP contribution in [0.5, 0.6) is 5.88 Å². The predicted octanol–water partition coefficient (Wildman–Crippen LogP) is 2.40. The number of nitrogens with zero attached hydrogens (tertiary/aromatic N) is 2. The van der Waals surface area contributed by atoms with Gasteiger partial charge in [-0.1, -0.05) is 19.8 Å². The molecule has 0 aliphatic heterocycles. The summed E-state index contributed by atoms with van der Waals surface area (Å²) in [5.41, 5.74) is 0. The number of ether oxygens (including phenoxy) is 1. The minimum atomic E-state index is 0.573. The van der Waals surface area contributed by atoms with Crippen LogP contribution in [0, 0.1) is 0 Å². The Bertz CT molecular complexity index is 326. The van der Waals surface area contributed by atoms with Crippen LogP contribution in [0.3, 0.4) is 0 Å². The third kappa shape index (κ3) is 2.62. The number of methoxy groups -OCH3 is 1. The van der Waals surface area contributed by atoms with E-state index in [1.807, 2.05) is 13.0 Å². The highest BCUT2D eigenvalue weighted by Crippen LogP contribution is 2.22. The highest BCUT2D eigenvalue weighted by atomic mass is 16.5. The zero-order valence-corrected chi connectivity index (χ0v) is 9.99. The average molecular weight is 221 g/mol. The van der Waals surface area contributed by atoms with Crippen LogP contribution in [0.1, 0.15) is 38.4 Å². The molecule has 1 aromatic heterocycles. The molecule has 0 spiro atoms. The van der Waals surface area contributed by atoms with E-state index in [9.17, 15) is 0 Å². The number of hydrogen-bond donors (Lipinski definition) is 1. The SMILES string of the molecule is CCc1nc(NC2CCCC2)cc(OC)n1. The van der Waals surface area contributed by atoms with Crippen LogP contribution in [-0.4, -0.2) is 23.1 Å². The molecule has 0 aromatic carbocycles. The number of aromatic nitrogens is 2. The van der Waals surface area contributed by atoms with E-state index in [0.717, 1.165) is 18.1 Å². The first-order chi connectivity index (χ1) is 7.81. The Balaban J connectivity index is 2.12. The van der Waals surface area contributed by atoms with Gasteiger partial charge in [-0.15, -0.1) is 0 Å². The van der Waals surface area contributed by atoms with Crippen molar-refractivity contribution in [2.75, 3.05) is 12.4 Å². The van der Waals surface area contributed by atoms with Gasteiger partial charge >= 0.3 is 0 Å². The number of aryl methyl sites for hydroxylation is 1. The zero-order chi connectivity index (χ0) is 11.4. The van der Waals surface area contributed by atoms with Crippen molar-refractivity contribution >= 4 is 5.82 Å². The monoisotopic (exact) mass is 221 g/mol. The van der Waals surface area contributed by atoms with Gasteiger partial charge in [0.2, 0.25) is 5.88 Å². The fourth-order valence-electron chi connectivity index (χ4n) is 2.09. The summed E-state index contributed by atoms with van der Waals surface area (Å²) in [6.45, 7) is 2.05. The molecule has 1 N–H and O–H groups in total. The van der Waals surface area contributed by atoms with E-state index in [1.165, 1.54) is 25.7 Å². The summed E-state index contributed by atoms with van der Waals surface area (Å²) in [7, 11) is 1.64. The van der Waals surface area contributed by atoms with E-state index in [-0.39, 0.29) is 0 Å². The first-order valence-electron chi connectivity index (χ1n) is 6.00. The molecule has 1 aromatic rings. The Morgan fingerprint density at radius 3 is 2.75 bits per heavy atom. The lowest BCUT2D eigenvalue weighted by atomic mass is 10.2. The Morgan fingerprint density at radius 2 is 2.12 bits per heavy atom. The van der Waals surface area contributed by atoms with Gasteiger partial charge < -0.3 is 10.1 Å². The fourth-order valence-corrected chi connectivity index (χ4v) is 2.09. The van der Waals surface area contributed by atoms with Crippen molar-refractivity contribution in [3.05, 3.63) is 11.9 Å². The van der Waals surface area contributed by atoms with Gasteiger partial charge in [0.15, 0.2) is 0 Å². The molecule has 4 heteroatoms. The lowest BCUT2D eigenvalue weighted by molar-refractivity contribution is 0.395. The maximum atomic E-state index is 5.17. The molecule has 1 saturated carbocycles. The smallest absolute Gasteiger partial charge is 0.218 e. The Hall–Kier alpha value is -1.32. The van der Waals surface area contributed by atoms with Crippen LogP contribution >= 0.6 is 0 Å². The Kier molecular flexibility index (Phi) is 3.59. The third-order valence-electron chi connectivity index (χ3n) is 2.98. The van der Waals surface area contributed by atoms with Gasteiger partial charge in [0.05, 0.1) is 7.11 Å². The fraction of sp³-hybridized carbons (Fsp3) is 0.667. The molecule has 0 unspecified atom stereocenters. The summed E-state index contributed by atoms with van der Waals surface area (Å²) < 4.78 is 5.17. The molecule has 0 atom stereocenters. The second-order valence-electron chi connectivity index (χ2n) is 4.19. The number of anilines is 1. The normalized spacial score (nSPS) is 16.4. The highest BCUT2D eigenvalue weighted by molar-refractivity contribution is 5.39. The summed E-state index contributed by atoms with van der Waals surface area (Å²) in [5.74, 6) is 2.38. The topological polar surface area (TPSA) is 47.0 Å². The van der Waals surface area contributed by atoms with Crippen molar-refractivity contribution in [3.63, 3.8) is 0 Å². The van der Waals surface area contributed by atoms with Crippen molar-refractivity contribution in [2.45, 2.75) is 45.1 Å². The summed E-state index contributed by atoms with van der Waals surface area (Å²) >= 11 is 0. The number of nitrogens with one attached hydrogen (secondary N) is 1. The van der Waals surface area contributed by atoms with Crippen LogP contribution in [0.25, 0.3) is 0 Å². The average Bonchev–Trinajstić information content (AvgIpc) is 2.81. The quantitative estimate of drug-likeness (QED) is 0.848. The second-order valence-corrected chi connectivity index (χ2v) is 4.19. The van der Waals surface area contributed by atoms with Crippen LogP contribution in [-0.2, 0) is 6.42 Å². The Morgan fingerprint density at radius 1 is 1.38 bits per heavy atom. The summed E-state index contributed by atoms with van der Waals surface area (Å²) in [4.78, 5) is 8.73. The highest BCUT2D eigenvalue weighted by Gasteiger charge is 2.15. The molecule has 0 radical (unpaired) electrons. The van der Waals surface area contributed by atoms with Gasteiger partial charge in [-0.05, 0) is 12.8 Å². The van der Waals surface area contributed by atoms with Crippen molar-refractivity contribution in [3.8, 4) is 5.88 Å². The van der Waals surface area contributed by atoms with Gasteiger partial charge in [-0.2, -0.15) is 4.98 Å². The van der Waals surface area contributed by atoms with Gasteiger partial charge in [0.25, 0.3) is 0 Å². The van der Waals surface area contributed by atoms with Crippen LogP contribution < -0.4 is 10.1 Å². The van der Waals surface area contributed by atoms with Crippen LogP contribution in [0.4, 0.5) is 5.82 Å². The van der Waals surface area contributed by atoms with E-state index in [2.05, 4.69) is 15.3 Å². The van der Waals surface area contributed by atoms with Gasteiger partial charge in [0.1, 0.15) is 11.6 Å². The molecule has 1 fully saturated rings. The molecule has 1 heterocycles. The molecule has 2 rings (SSSR count). The molecule has 0 amide bonds. The molecular formula is C12H19N3O. The minimum absolute atomic E-state index is 0.573. The molecule has 16 heavy (non-hydrogen) atoms. The Labute approximate surface area is 96.4 Å². The molecule has 1 aliphatic rings. The standard InChI is InChI=1S/C12H19N3O/c1-3-10-14-11(8-12(15-10)16-2)13-9-6-4-5-7-9/h8-9H,3-7H2,1-2H3,(H,13,14,15). The molecule has 1 aliphatic carbocycles. The summed E-state index contributed by atoms with van der Waals surface area (Å²) in [5, 5.41) is 3.46. The first kappa shape index (κ1) is 11.2. The molecular weight excluding hydrogens is 202 g/mol. The van der Waals surface area contributed by atoms with Crippen molar-refractivity contribution in [1.82, 2.24) is 9.97 Å². The lowest BCUT2D eigenvalue weighted by Gasteiger charge is -2.13. The molecule has 0 saturated heterocycles. The maximum absolute atomic E-state index is 5.17. The van der Waals surface area contributed by atoms with Gasteiger partial charge in [0, 0.05) is 18.5 Å². The van der Waals surface area contributed by atoms with Gasteiger partial charge in [-0.25, -0.2) is 4.98 Å². The summed E-state index contributed by atoms with van der Waals surface area (Å²) in [6.07, 6.45) is 5.96. The van der Waals surface area contributed by atoms with Crippen LogP contribution in [0.2, 0.25) is 0 Å². The largest absolute Gasteiger partial charge is 0.481 e. The molecule has 4 nitrogen and oxygen atoms in total. The predicted molar refractivity (Wildman–Crippen MR) is 63.8 cm³/mol. The lowest BCUT2D eigenvalue weighted by Crippen LogP contribution is -2.16. The van der Waals surface area contributed by atoms with E-state index < -0.39 is 0 Å². The van der Waals surface area contributed by atoms with Crippen molar-refractivity contribution in [2.24, 2.45) is 0 Å². The van der Waals surface area contributed by atoms with Crippen LogP contribution in [0.15, 0.2) is 6.07 Å². The minimum Gasteiger partial charge on any atom is -0.481 e. The van der Waals surface area contributed by atoms with E-state index >= 15 is 0 Å². The zero-order valence-electron chi connectivity index (χ0n) is 9.99. The number of hydrogen-bond acceptors (Lipinski definition) is 4. The third-order valence-corrected chi connectivity index (χ3v) is 2.98.